The van der Waals surface area contributed by atoms with Crippen LogP contribution in [-0.2, 0) is 28.6 Å². The molecule has 0 saturated heterocycles. The van der Waals surface area contributed by atoms with Crippen LogP contribution in [0.1, 0.15) is 297 Å². The van der Waals surface area contributed by atoms with Crippen molar-refractivity contribution in [1.29, 1.82) is 0 Å². The molecule has 6 heteroatoms. The van der Waals surface area contributed by atoms with Gasteiger partial charge in [-0.1, -0.05) is 291 Å². The van der Waals surface area contributed by atoms with E-state index in [1.54, 1.807) is 0 Å². The zero-order chi connectivity index (χ0) is 55.0. The molecule has 0 bridgehead atoms. The number of ether oxygens (including phenoxy) is 3. The van der Waals surface area contributed by atoms with Crippen molar-refractivity contribution < 1.29 is 28.6 Å². The number of carbonyl (C=O) groups is 3. The van der Waals surface area contributed by atoms with Crippen LogP contribution in [0.5, 0.6) is 0 Å². The lowest BCUT2D eigenvalue weighted by Crippen LogP contribution is -2.30. The molecule has 0 aliphatic heterocycles. The van der Waals surface area contributed by atoms with Crippen molar-refractivity contribution in [2.75, 3.05) is 13.2 Å². The smallest absolute Gasteiger partial charge is 0.306 e. The molecule has 0 amide bonds. The minimum atomic E-state index is -0.826. The van der Waals surface area contributed by atoms with Crippen LogP contribution in [-0.4, -0.2) is 37.2 Å². The first-order valence-electron chi connectivity index (χ1n) is 31.9. The van der Waals surface area contributed by atoms with E-state index in [2.05, 4.69) is 124 Å². The van der Waals surface area contributed by atoms with E-state index < -0.39 is 12.1 Å². The maximum Gasteiger partial charge on any atom is 0.306 e. The van der Waals surface area contributed by atoms with Gasteiger partial charge < -0.3 is 14.2 Å². The summed E-state index contributed by atoms with van der Waals surface area (Å²) in [6.45, 7) is 6.46. The third-order valence-corrected chi connectivity index (χ3v) is 13.5. The number of esters is 3. The molecule has 0 N–H and O–H groups in total. The Labute approximate surface area is 470 Å². The van der Waals surface area contributed by atoms with Gasteiger partial charge in [0.2, 0.25) is 0 Å². The molecule has 0 radical (unpaired) electrons. The third kappa shape index (κ3) is 60.9. The van der Waals surface area contributed by atoms with Crippen LogP contribution >= 0.6 is 0 Å². The van der Waals surface area contributed by atoms with Gasteiger partial charge in [-0.3, -0.25) is 14.4 Å². The van der Waals surface area contributed by atoms with Crippen molar-refractivity contribution in [3.05, 3.63) is 109 Å². The monoisotopic (exact) mass is 1050 g/mol. The van der Waals surface area contributed by atoms with Crippen molar-refractivity contribution in [2.24, 2.45) is 0 Å². The lowest BCUT2D eigenvalue weighted by atomic mass is 10.0. The van der Waals surface area contributed by atoms with Crippen LogP contribution < -0.4 is 0 Å². The Hall–Kier alpha value is -3.93. The fraction of sp³-hybridized carbons (Fsp3) is 0.700. The average Bonchev–Trinajstić information content (AvgIpc) is 3.42. The van der Waals surface area contributed by atoms with Gasteiger partial charge in [-0.05, 0) is 96.3 Å². The van der Waals surface area contributed by atoms with Crippen molar-refractivity contribution in [3.8, 4) is 0 Å². The maximum atomic E-state index is 12.9. The van der Waals surface area contributed by atoms with Gasteiger partial charge in [-0.2, -0.15) is 0 Å². The summed E-state index contributed by atoms with van der Waals surface area (Å²) in [6.07, 6.45) is 86.7. The van der Waals surface area contributed by atoms with Gasteiger partial charge in [0.05, 0.1) is 0 Å². The van der Waals surface area contributed by atoms with Crippen molar-refractivity contribution in [1.82, 2.24) is 0 Å². The molecule has 0 aromatic heterocycles. The Morgan fingerprint density at radius 2 is 0.539 bits per heavy atom. The van der Waals surface area contributed by atoms with Crippen molar-refractivity contribution >= 4 is 17.9 Å². The van der Waals surface area contributed by atoms with Gasteiger partial charge in [0.15, 0.2) is 6.10 Å². The molecule has 0 rings (SSSR count). The highest BCUT2D eigenvalue weighted by molar-refractivity contribution is 5.71. The summed E-state index contributed by atoms with van der Waals surface area (Å²) in [7, 11) is 0. The fourth-order valence-electron chi connectivity index (χ4n) is 8.77. The van der Waals surface area contributed by atoms with Crippen LogP contribution in [0.25, 0.3) is 0 Å². The second-order valence-corrected chi connectivity index (χ2v) is 20.9. The normalized spacial score (nSPS) is 12.8. The first-order valence-corrected chi connectivity index (χ1v) is 31.9. The largest absolute Gasteiger partial charge is 0.462 e. The number of rotatable bonds is 57. The fourth-order valence-corrected chi connectivity index (χ4v) is 8.77. The second kappa shape index (κ2) is 63.6. The highest BCUT2D eigenvalue weighted by atomic mass is 16.6. The quantitative estimate of drug-likeness (QED) is 0.0261. The molecule has 0 aromatic rings. The van der Waals surface area contributed by atoms with Crippen LogP contribution in [0.3, 0.4) is 0 Å². The molecule has 76 heavy (non-hydrogen) atoms. The van der Waals surface area contributed by atoms with E-state index in [1.807, 2.05) is 6.08 Å². The molecular weight excluding hydrogens is 937 g/mol. The van der Waals surface area contributed by atoms with E-state index in [0.29, 0.717) is 19.3 Å². The second-order valence-electron chi connectivity index (χ2n) is 20.9. The van der Waals surface area contributed by atoms with Gasteiger partial charge >= 0.3 is 17.9 Å². The molecule has 1 unspecified atom stereocenters. The molecular formula is C70H118O6. The summed E-state index contributed by atoms with van der Waals surface area (Å²) in [5.74, 6) is -1.00. The van der Waals surface area contributed by atoms with Gasteiger partial charge in [0.25, 0.3) is 0 Å². The molecule has 6 nitrogen and oxygen atoms in total. The number of unbranched alkanes of at least 4 members (excludes halogenated alkanes) is 28. The minimum absolute atomic E-state index is 0.111. The molecule has 0 fully saturated rings. The summed E-state index contributed by atoms with van der Waals surface area (Å²) in [4.78, 5) is 38.3. The molecule has 0 saturated carbocycles. The summed E-state index contributed by atoms with van der Waals surface area (Å²) in [6, 6.07) is 0. The van der Waals surface area contributed by atoms with Crippen LogP contribution in [0, 0.1) is 0 Å². The van der Waals surface area contributed by atoms with E-state index in [1.165, 1.54) is 148 Å². The molecule has 434 valence electrons. The molecule has 1 atom stereocenters. The Kier molecular flexibility index (Phi) is 60.3. The molecule has 0 aliphatic carbocycles. The SMILES string of the molecule is CC/C=C\C/C=C\C/C=C\C/C=C\C/C=C\C/C=C\CCC(=O)OC(COC(=O)CCCCCCCC/C=C\C/C=C\C/C=C\CCCCC)COC(=O)CCCCCCCCCCCCCCCCCCCCCC. The highest BCUT2D eigenvalue weighted by Crippen LogP contribution is 2.16. The summed E-state index contributed by atoms with van der Waals surface area (Å²) >= 11 is 0. The average molecular weight is 1060 g/mol. The van der Waals surface area contributed by atoms with Gasteiger partial charge in [-0.15, -0.1) is 0 Å². The molecule has 0 aliphatic rings. The Morgan fingerprint density at radius 3 is 0.882 bits per heavy atom. The summed E-state index contributed by atoms with van der Waals surface area (Å²) in [5.41, 5.74) is 0. The van der Waals surface area contributed by atoms with E-state index >= 15 is 0 Å². The minimum Gasteiger partial charge on any atom is -0.462 e. The number of hydrogen-bond acceptors (Lipinski definition) is 6. The standard InChI is InChI=1S/C70H118O6/c1-4-7-10-13-16-19-22-25-28-31-34-37-39-42-45-48-51-54-57-60-63-69(72)75-66-67(76-70(73)64-61-58-55-52-49-46-43-40-36-33-30-27-24-21-18-15-12-9-6-3)65-74-68(71)62-59-56-53-50-47-44-41-38-35-32-29-26-23-20-17-14-11-8-5-2/h9,12,17-18,20-21,26-27,29-30,35-36,38,40,46,49,55,58,67H,4-8,10-11,13-16,19,22-25,28,31-34,37,39,41-45,47-48,50-54,56-57,59-66H2,1-3H3/b12-9-,20-17-,21-18-,29-26-,30-27-,38-35-,40-36-,49-46-,58-55-. The van der Waals surface area contributed by atoms with Gasteiger partial charge in [0.1, 0.15) is 13.2 Å². The Morgan fingerprint density at radius 1 is 0.276 bits per heavy atom. The van der Waals surface area contributed by atoms with E-state index in [4.69, 9.17) is 14.2 Å². The molecule has 0 spiro atoms. The topological polar surface area (TPSA) is 78.9 Å². The van der Waals surface area contributed by atoms with Crippen LogP contribution in [0.2, 0.25) is 0 Å². The third-order valence-electron chi connectivity index (χ3n) is 13.5. The summed E-state index contributed by atoms with van der Waals surface area (Å²) in [5, 5.41) is 0. The Bertz CT molecular complexity index is 1540. The zero-order valence-electron chi connectivity index (χ0n) is 49.7. The number of allylic oxidation sites excluding steroid dienone is 18. The lowest BCUT2D eigenvalue weighted by molar-refractivity contribution is -0.166. The van der Waals surface area contributed by atoms with Crippen LogP contribution in [0.4, 0.5) is 0 Å². The number of carbonyl (C=O) groups excluding carboxylic acids is 3. The van der Waals surface area contributed by atoms with E-state index in [-0.39, 0.29) is 31.6 Å². The molecule has 0 heterocycles. The van der Waals surface area contributed by atoms with Crippen LogP contribution in [0.15, 0.2) is 109 Å². The lowest BCUT2D eigenvalue weighted by Gasteiger charge is -2.18. The Balaban J connectivity index is 4.49. The first-order chi connectivity index (χ1) is 37.5. The maximum absolute atomic E-state index is 12.9. The van der Waals surface area contributed by atoms with E-state index in [0.717, 1.165) is 103 Å². The zero-order valence-corrected chi connectivity index (χ0v) is 49.7. The number of hydrogen-bond donors (Lipinski definition) is 0. The van der Waals surface area contributed by atoms with E-state index in [9.17, 15) is 14.4 Å². The van der Waals surface area contributed by atoms with Gasteiger partial charge in [-0.25, -0.2) is 0 Å². The van der Waals surface area contributed by atoms with Crippen molar-refractivity contribution in [3.63, 3.8) is 0 Å². The van der Waals surface area contributed by atoms with Gasteiger partial charge in [0, 0.05) is 19.3 Å². The highest BCUT2D eigenvalue weighted by Gasteiger charge is 2.19. The predicted molar refractivity (Wildman–Crippen MR) is 330 cm³/mol. The molecule has 0 aromatic carbocycles. The predicted octanol–water partition coefficient (Wildman–Crippen LogP) is 21.8. The summed E-state index contributed by atoms with van der Waals surface area (Å²) < 4.78 is 16.9. The van der Waals surface area contributed by atoms with Crippen molar-refractivity contribution in [2.45, 2.75) is 303 Å². The first kappa shape index (κ1) is 72.1.